The van der Waals surface area contributed by atoms with Crippen molar-refractivity contribution in [1.82, 2.24) is 0 Å². The largest absolute Gasteiger partial charge is 0.392 e. The van der Waals surface area contributed by atoms with Gasteiger partial charge in [0.25, 0.3) is 0 Å². The fraction of sp³-hybridized carbons (Fsp3) is 0.850. The lowest BCUT2D eigenvalue weighted by Crippen LogP contribution is -2.58. The van der Waals surface area contributed by atoms with E-state index in [0.29, 0.717) is 24.8 Å². The van der Waals surface area contributed by atoms with Crippen LogP contribution in [-0.4, -0.2) is 24.0 Å². The molecule has 0 aromatic carbocycles. The highest BCUT2D eigenvalue weighted by Gasteiger charge is 2.59. The molecule has 23 heavy (non-hydrogen) atoms. The van der Waals surface area contributed by atoms with Gasteiger partial charge in [-0.2, -0.15) is 0 Å². The predicted octanol–water partition coefficient (Wildman–Crippen LogP) is 3.56. The predicted molar refractivity (Wildman–Crippen MR) is 94.9 cm³/mol. The molecule has 0 spiro atoms. The molecule has 0 saturated heterocycles. The number of hydrogen-bond acceptors (Lipinski definition) is 3. The van der Waals surface area contributed by atoms with Crippen LogP contribution in [0.15, 0.2) is 12.7 Å². The summed E-state index contributed by atoms with van der Waals surface area (Å²) < 4.78 is 0. The Labute approximate surface area is 141 Å². The molecule has 0 aromatic heterocycles. The number of nitrogens with two attached hydrogens (primary N) is 1. The summed E-state index contributed by atoms with van der Waals surface area (Å²) >= 11 is 0. The molecule has 3 N–H and O–H groups in total. The SMILES string of the molecule is C=C[C@]1(C)C[C@@H](C)[C@]2(C)C(C)CC[C@](CCN)(C[C@@H]1O)[C@H]2C=O. The normalized spacial score (nSPS) is 50.7. The van der Waals surface area contributed by atoms with Crippen molar-refractivity contribution < 1.29 is 9.90 Å². The van der Waals surface area contributed by atoms with E-state index in [1.807, 2.05) is 6.08 Å². The molecule has 2 saturated carbocycles. The van der Waals surface area contributed by atoms with E-state index < -0.39 is 6.10 Å². The number of fused-ring (bicyclic) bond motifs is 2. The summed E-state index contributed by atoms with van der Waals surface area (Å²) in [6.45, 7) is 13.5. The third-order valence-corrected chi connectivity index (χ3v) is 7.88. The van der Waals surface area contributed by atoms with Crippen molar-refractivity contribution in [3.05, 3.63) is 12.7 Å². The van der Waals surface area contributed by atoms with Crippen molar-refractivity contribution >= 4 is 6.29 Å². The molecule has 3 nitrogen and oxygen atoms in total. The molecule has 2 bridgehead atoms. The first kappa shape index (κ1) is 18.7. The van der Waals surface area contributed by atoms with Crippen LogP contribution in [0.5, 0.6) is 0 Å². The van der Waals surface area contributed by atoms with E-state index in [1.165, 1.54) is 6.29 Å². The summed E-state index contributed by atoms with van der Waals surface area (Å²) in [5.74, 6) is 0.826. The van der Waals surface area contributed by atoms with E-state index in [0.717, 1.165) is 25.7 Å². The number of rotatable bonds is 4. The molecule has 0 amide bonds. The van der Waals surface area contributed by atoms with Gasteiger partial charge in [0.05, 0.1) is 6.10 Å². The second-order valence-electron chi connectivity index (χ2n) is 8.86. The molecular formula is C20H35NO2. The van der Waals surface area contributed by atoms with Gasteiger partial charge in [-0.05, 0) is 61.3 Å². The van der Waals surface area contributed by atoms with E-state index in [-0.39, 0.29) is 22.2 Å². The van der Waals surface area contributed by atoms with Gasteiger partial charge < -0.3 is 15.6 Å². The minimum Gasteiger partial charge on any atom is -0.392 e. The fourth-order valence-electron chi connectivity index (χ4n) is 5.77. The highest BCUT2D eigenvalue weighted by atomic mass is 16.3. The molecule has 0 aromatic rings. The number of hydrogen-bond donors (Lipinski definition) is 2. The maximum absolute atomic E-state index is 12.2. The third-order valence-electron chi connectivity index (χ3n) is 7.88. The summed E-state index contributed by atoms with van der Waals surface area (Å²) in [5.41, 5.74) is 5.42. The van der Waals surface area contributed by atoms with Crippen LogP contribution in [0.25, 0.3) is 0 Å². The minimum absolute atomic E-state index is 0.0266. The van der Waals surface area contributed by atoms with E-state index in [2.05, 4.69) is 34.3 Å². The van der Waals surface area contributed by atoms with Gasteiger partial charge in [-0.1, -0.05) is 33.8 Å². The molecular weight excluding hydrogens is 286 g/mol. The average Bonchev–Trinajstić information content (AvgIpc) is 2.50. The molecule has 2 rings (SSSR count). The van der Waals surface area contributed by atoms with Crippen LogP contribution in [0, 0.1) is 34.0 Å². The van der Waals surface area contributed by atoms with E-state index in [9.17, 15) is 9.90 Å². The van der Waals surface area contributed by atoms with Crippen molar-refractivity contribution in [1.29, 1.82) is 0 Å². The van der Waals surface area contributed by atoms with Gasteiger partial charge in [0.2, 0.25) is 0 Å². The molecule has 0 radical (unpaired) electrons. The van der Waals surface area contributed by atoms with Gasteiger partial charge >= 0.3 is 0 Å². The van der Waals surface area contributed by atoms with Gasteiger partial charge in [-0.3, -0.25) is 0 Å². The standard InChI is InChI=1S/C20H35NO2/c1-6-18(4)11-15(3)19(5)14(2)7-8-20(9-10-21,12-17(18)23)16(19)13-22/h6,13-17,23H,1,7-12,21H2,2-5H3/t14?,15-,16+,17+,18-,19+,20+/m1/s1. The first-order chi connectivity index (χ1) is 10.7. The Morgan fingerprint density at radius 2 is 1.91 bits per heavy atom. The molecule has 1 unspecified atom stereocenters. The molecule has 2 aliphatic carbocycles. The third kappa shape index (κ3) is 2.70. The second-order valence-corrected chi connectivity index (χ2v) is 8.86. The Hall–Kier alpha value is -0.670. The topological polar surface area (TPSA) is 63.3 Å². The summed E-state index contributed by atoms with van der Waals surface area (Å²) in [6, 6.07) is 0. The Balaban J connectivity index is 2.60. The minimum atomic E-state index is -0.464. The van der Waals surface area contributed by atoms with E-state index in [4.69, 9.17) is 5.73 Å². The molecule has 132 valence electrons. The summed E-state index contributed by atoms with van der Waals surface area (Å²) in [6.07, 6.45) is 7.10. The Morgan fingerprint density at radius 3 is 2.43 bits per heavy atom. The maximum Gasteiger partial charge on any atom is 0.124 e. The molecule has 7 atom stereocenters. The fourth-order valence-corrected chi connectivity index (χ4v) is 5.77. The number of aliphatic hydroxyl groups is 1. The summed E-state index contributed by atoms with van der Waals surface area (Å²) in [4.78, 5) is 12.2. The summed E-state index contributed by atoms with van der Waals surface area (Å²) in [5, 5.41) is 11.0. The second kappa shape index (κ2) is 6.33. The lowest BCUT2D eigenvalue weighted by Gasteiger charge is -2.61. The zero-order valence-electron chi connectivity index (χ0n) is 15.3. The Bertz CT molecular complexity index is 465. The first-order valence-corrected chi connectivity index (χ1v) is 9.17. The average molecular weight is 322 g/mol. The highest BCUT2D eigenvalue weighted by Crippen LogP contribution is 2.63. The van der Waals surface area contributed by atoms with Gasteiger partial charge in [0.1, 0.15) is 6.29 Å². The molecule has 0 aliphatic heterocycles. The Kier molecular flexibility index (Phi) is 5.13. The van der Waals surface area contributed by atoms with Crippen LogP contribution in [0.4, 0.5) is 0 Å². The van der Waals surface area contributed by atoms with Crippen molar-refractivity contribution in [3.8, 4) is 0 Å². The maximum atomic E-state index is 12.2. The van der Waals surface area contributed by atoms with Crippen molar-refractivity contribution in [3.63, 3.8) is 0 Å². The van der Waals surface area contributed by atoms with Crippen LogP contribution in [0.3, 0.4) is 0 Å². The van der Waals surface area contributed by atoms with Gasteiger partial charge in [0, 0.05) is 11.3 Å². The van der Waals surface area contributed by atoms with Crippen LogP contribution >= 0.6 is 0 Å². The molecule has 3 heteroatoms. The van der Waals surface area contributed by atoms with Gasteiger partial charge in [0.15, 0.2) is 0 Å². The van der Waals surface area contributed by atoms with Crippen LogP contribution in [0.1, 0.15) is 59.8 Å². The monoisotopic (exact) mass is 321 g/mol. The van der Waals surface area contributed by atoms with Crippen molar-refractivity contribution in [2.75, 3.05) is 6.54 Å². The number of carbonyl (C=O) groups is 1. The van der Waals surface area contributed by atoms with Crippen LogP contribution in [-0.2, 0) is 4.79 Å². The van der Waals surface area contributed by atoms with E-state index in [1.54, 1.807) is 0 Å². The molecule has 2 fully saturated rings. The highest BCUT2D eigenvalue weighted by molar-refractivity contribution is 5.58. The quantitative estimate of drug-likeness (QED) is 0.615. The van der Waals surface area contributed by atoms with Crippen LogP contribution in [0.2, 0.25) is 0 Å². The lowest BCUT2D eigenvalue weighted by atomic mass is 9.43. The van der Waals surface area contributed by atoms with Gasteiger partial charge in [-0.25, -0.2) is 0 Å². The number of carbonyl (C=O) groups excluding carboxylic acids is 1. The van der Waals surface area contributed by atoms with Crippen LogP contribution < -0.4 is 5.73 Å². The van der Waals surface area contributed by atoms with Crippen molar-refractivity contribution in [2.45, 2.75) is 65.9 Å². The zero-order chi connectivity index (χ0) is 17.5. The van der Waals surface area contributed by atoms with E-state index >= 15 is 0 Å². The number of aliphatic hydroxyl groups excluding tert-OH is 1. The molecule has 0 heterocycles. The van der Waals surface area contributed by atoms with Gasteiger partial charge in [-0.15, -0.1) is 6.58 Å². The summed E-state index contributed by atoms with van der Waals surface area (Å²) in [7, 11) is 0. The smallest absolute Gasteiger partial charge is 0.124 e. The Morgan fingerprint density at radius 1 is 1.26 bits per heavy atom. The lowest BCUT2D eigenvalue weighted by molar-refractivity contribution is -0.159. The number of aldehydes is 1. The zero-order valence-corrected chi connectivity index (χ0v) is 15.3. The van der Waals surface area contributed by atoms with Crippen molar-refractivity contribution in [2.24, 2.45) is 39.7 Å². The molecule has 2 aliphatic rings. The first-order valence-electron chi connectivity index (χ1n) is 9.17.